The lowest BCUT2D eigenvalue weighted by atomic mass is 10.0. The van der Waals surface area contributed by atoms with Gasteiger partial charge >= 0.3 is 6.03 Å². The molecule has 0 N–H and O–H groups in total. The molecule has 0 aromatic carbocycles. The highest BCUT2D eigenvalue weighted by Gasteiger charge is 2.45. The summed E-state index contributed by atoms with van der Waals surface area (Å²) in [6, 6.07) is 0.867. The van der Waals surface area contributed by atoms with E-state index in [9.17, 15) is 4.79 Å². The molecule has 2 atom stereocenters. The van der Waals surface area contributed by atoms with E-state index in [1.807, 2.05) is 0 Å². The van der Waals surface area contributed by atoms with Crippen LogP contribution in [0, 0.1) is 11.8 Å². The number of hydrogen-bond donors (Lipinski definition) is 0. The predicted molar refractivity (Wildman–Crippen MR) is 93.6 cm³/mol. The van der Waals surface area contributed by atoms with Crippen LogP contribution in [0.1, 0.15) is 34.6 Å². The van der Waals surface area contributed by atoms with E-state index < -0.39 is 0 Å². The van der Waals surface area contributed by atoms with Crippen molar-refractivity contribution in [2.45, 2.75) is 46.2 Å². The number of urea groups is 1. The Hall–Kier alpha value is -0.810. The van der Waals surface area contributed by atoms with Gasteiger partial charge in [-0.3, -0.25) is 9.80 Å². The van der Waals surface area contributed by atoms with Crippen LogP contribution < -0.4 is 0 Å². The van der Waals surface area contributed by atoms with Crippen LogP contribution in [0.25, 0.3) is 0 Å². The Labute approximate surface area is 141 Å². The van der Waals surface area contributed by atoms with Crippen LogP contribution in [-0.4, -0.2) is 89.6 Å². The second-order valence-electron chi connectivity index (χ2n) is 8.90. The molecule has 3 aliphatic heterocycles. The molecular weight excluding hydrogens is 288 g/mol. The minimum atomic E-state index is 0.256. The van der Waals surface area contributed by atoms with E-state index >= 15 is 0 Å². The number of nitrogens with zero attached hydrogens (tertiary/aromatic N) is 4. The average Bonchev–Trinajstić information content (AvgIpc) is 3.04. The van der Waals surface area contributed by atoms with Crippen molar-refractivity contribution < 1.29 is 4.79 Å². The summed E-state index contributed by atoms with van der Waals surface area (Å²) < 4.78 is 0. The lowest BCUT2D eigenvalue weighted by Crippen LogP contribution is -2.54. The molecule has 5 heteroatoms. The maximum Gasteiger partial charge on any atom is 0.320 e. The molecule has 3 saturated heterocycles. The van der Waals surface area contributed by atoms with Crippen molar-refractivity contribution in [3.05, 3.63) is 0 Å². The van der Waals surface area contributed by atoms with Gasteiger partial charge in [0.15, 0.2) is 0 Å². The first-order chi connectivity index (χ1) is 10.8. The number of carbonyl (C=O) groups excluding carboxylic acids is 1. The van der Waals surface area contributed by atoms with Crippen LogP contribution >= 0.6 is 0 Å². The van der Waals surface area contributed by atoms with Crippen LogP contribution in [0.3, 0.4) is 0 Å². The normalized spacial score (nSPS) is 30.3. The summed E-state index contributed by atoms with van der Waals surface area (Å²) in [5.74, 6) is 1.35. The van der Waals surface area contributed by atoms with Crippen LogP contribution in [0.2, 0.25) is 0 Å². The van der Waals surface area contributed by atoms with E-state index in [1.165, 1.54) is 0 Å². The molecule has 0 bridgehead atoms. The van der Waals surface area contributed by atoms with E-state index in [1.54, 1.807) is 0 Å². The third-order valence-corrected chi connectivity index (χ3v) is 6.02. The Morgan fingerprint density at radius 2 is 1.39 bits per heavy atom. The fourth-order valence-corrected chi connectivity index (χ4v) is 4.33. The molecule has 3 rings (SSSR count). The zero-order valence-corrected chi connectivity index (χ0v) is 15.6. The lowest BCUT2D eigenvalue weighted by molar-refractivity contribution is 0.0982. The molecule has 3 heterocycles. The van der Waals surface area contributed by atoms with Crippen LogP contribution in [-0.2, 0) is 0 Å². The summed E-state index contributed by atoms with van der Waals surface area (Å²) in [4.78, 5) is 22.1. The lowest BCUT2D eigenvalue weighted by Gasteiger charge is -2.39. The van der Waals surface area contributed by atoms with E-state index in [0.717, 1.165) is 52.4 Å². The van der Waals surface area contributed by atoms with Gasteiger partial charge in [-0.2, -0.15) is 0 Å². The Balaban J connectivity index is 1.51. The zero-order chi connectivity index (χ0) is 16.8. The highest BCUT2D eigenvalue weighted by Crippen LogP contribution is 2.35. The van der Waals surface area contributed by atoms with Crippen molar-refractivity contribution in [1.82, 2.24) is 19.6 Å². The number of piperazine rings is 1. The summed E-state index contributed by atoms with van der Waals surface area (Å²) >= 11 is 0. The van der Waals surface area contributed by atoms with Crippen molar-refractivity contribution in [2.24, 2.45) is 11.8 Å². The van der Waals surface area contributed by atoms with Gasteiger partial charge in [-0.15, -0.1) is 0 Å². The first-order valence-corrected chi connectivity index (χ1v) is 9.28. The Morgan fingerprint density at radius 3 is 1.83 bits per heavy atom. The van der Waals surface area contributed by atoms with Crippen molar-refractivity contribution in [1.29, 1.82) is 0 Å². The summed E-state index contributed by atoms with van der Waals surface area (Å²) in [6.45, 7) is 19.4. The maximum absolute atomic E-state index is 12.8. The number of fused-ring (bicyclic) bond motifs is 1. The second kappa shape index (κ2) is 6.25. The minimum Gasteiger partial charge on any atom is -0.324 e. The molecule has 23 heavy (non-hydrogen) atoms. The molecule has 3 fully saturated rings. The van der Waals surface area contributed by atoms with Crippen molar-refractivity contribution in [3.63, 3.8) is 0 Å². The third-order valence-electron chi connectivity index (χ3n) is 6.02. The molecule has 0 aromatic heterocycles. The molecule has 2 unspecified atom stereocenters. The van der Waals surface area contributed by atoms with Gasteiger partial charge in [0, 0.05) is 63.9 Å². The molecule has 0 radical (unpaired) electrons. The minimum absolute atomic E-state index is 0.256. The van der Waals surface area contributed by atoms with Gasteiger partial charge in [-0.25, -0.2) is 4.79 Å². The average molecular weight is 322 g/mol. The molecule has 0 saturated carbocycles. The van der Waals surface area contributed by atoms with Gasteiger partial charge < -0.3 is 9.80 Å². The smallest absolute Gasteiger partial charge is 0.320 e. The number of amides is 2. The molecule has 0 aromatic rings. The zero-order valence-electron chi connectivity index (χ0n) is 15.6. The van der Waals surface area contributed by atoms with Crippen LogP contribution in [0.15, 0.2) is 0 Å². The largest absolute Gasteiger partial charge is 0.324 e. The third kappa shape index (κ3) is 3.50. The van der Waals surface area contributed by atoms with Gasteiger partial charge in [0.05, 0.1) is 0 Å². The maximum atomic E-state index is 12.8. The van der Waals surface area contributed by atoms with Crippen LogP contribution in [0.5, 0.6) is 0 Å². The van der Waals surface area contributed by atoms with Gasteiger partial charge in [0.25, 0.3) is 0 Å². The Bertz CT molecular complexity index is 423. The molecular formula is C18H34N4O. The number of carbonyl (C=O) groups is 1. The van der Waals surface area contributed by atoms with Gasteiger partial charge in [-0.1, -0.05) is 0 Å². The highest BCUT2D eigenvalue weighted by molar-refractivity contribution is 5.75. The quantitative estimate of drug-likeness (QED) is 0.737. The standard InChI is InChI=1S/C18H34N4O/c1-14(2)19-6-8-20(9-7-19)17(23)21-10-15-12-22(18(3,4)5)13-16(15)11-21/h14-16H,6-13H2,1-5H3. The monoisotopic (exact) mass is 322 g/mol. The second-order valence-corrected chi connectivity index (χ2v) is 8.90. The topological polar surface area (TPSA) is 30.0 Å². The van der Waals surface area contributed by atoms with E-state index in [0.29, 0.717) is 17.9 Å². The first kappa shape index (κ1) is 17.0. The molecule has 132 valence electrons. The first-order valence-electron chi connectivity index (χ1n) is 9.28. The van der Waals surface area contributed by atoms with E-state index in [-0.39, 0.29) is 11.6 Å². The van der Waals surface area contributed by atoms with Crippen molar-refractivity contribution in [3.8, 4) is 0 Å². The fraction of sp³-hybridized carbons (Fsp3) is 0.944. The van der Waals surface area contributed by atoms with Crippen LogP contribution in [0.4, 0.5) is 4.79 Å². The number of likely N-dealkylation sites (tertiary alicyclic amines) is 2. The summed E-state index contributed by atoms with van der Waals surface area (Å²) in [7, 11) is 0. The number of rotatable bonds is 1. The molecule has 0 spiro atoms. The van der Waals surface area contributed by atoms with E-state index in [4.69, 9.17) is 0 Å². The molecule has 2 amide bonds. The Morgan fingerprint density at radius 1 is 0.870 bits per heavy atom. The SMILES string of the molecule is CC(C)N1CCN(C(=O)N2CC3CN(C(C)(C)C)CC3C2)CC1. The summed E-state index contributed by atoms with van der Waals surface area (Å²) in [5.41, 5.74) is 0.256. The molecule has 5 nitrogen and oxygen atoms in total. The van der Waals surface area contributed by atoms with Gasteiger partial charge in [0.1, 0.15) is 0 Å². The van der Waals surface area contributed by atoms with E-state index in [2.05, 4.69) is 54.2 Å². The molecule has 0 aliphatic carbocycles. The molecule has 3 aliphatic rings. The van der Waals surface area contributed by atoms with Crippen molar-refractivity contribution >= 4 is 6.03 Å². The fourth-order valence-electron chi connectivity index (χ4n) is 4.33. The van der Waals surface area contributed by atoms with Gasteiger partial charge in [0.2, 0.25) is 0 Å². The van der Waals surface area contributed by atoms with Gasteiger partial charge in [-0.05, 0) is 46.5 Å². The Kier molecular flexibility index (Phi) is 4.62. The summed E-state index contributed by atoms with van der Waals surface area (Å²) in [6.07, 6.45) is 0. The summed E-state index contributed by atoms with van der Waals surface area (Å²) in [5, 5.41) is 0. The highest BCUT2D eigenvalue weighted by atomic mass is 16.2. The van der Waals surface area contributed by atoms with Crippen molar-refractivity contribution in [2.75, 3.05) is 52.4 Å². The predicted octanol–water partition coefficient (Wildman–Crippen LogP) is 1.79. The number of hydrogen-bond acceptors (Lipinski definition) is 3.